The molecule has 0 aliphatic rings. The van der Waals surface area contributed by atoms with Gasteiger partial charge in [0, 0.05) is 11.6 Å². The quantitative estimate of drug-likeness (QED) is 0.334. The van der Waals surface area contributed by atoms with E-state index in [9.17, 15) is 35.1 Å². The molecule has 0 aromatic heterocycles. The average Bonchev–Trinajstić information content (AvgIpc) is 2.42. The molecule has 0 heterocycles. The maximum atomic E-state index is 11.3. The van der Waals surface area contributed by atoms with Gasteiger partial charge in [-0.25, -0.2) is 4.79 Å². The van der Waals surface area contributed by atoms with Crippen molar-refractivity contribution in [3.05, 3.63) is 60.2 Å². The van der Waals surface area contributed by atoms with Crippen molar-refractivity contribution in [2.45, 2.75) is 13.5 Å². The van der Waals surface area contributed by atoms with Gasteiger partial charge in [0.2, 0.25) is 0 Å². The first-order valence-corrected chi connectivity index (χ1v) is 5.58. The second-order valence-corrected chi connectivity index (χ2v) is 4.07. The summed E-state index contributed by atoms with van der Waals surface area (Å²) in [6, 6.07) is 1.67. The molecule has 11 heteroatoms. The van der Waals surface area contributed by atoms with Crippen LogP contribution >= 0.6 is 0 Å². The van der Waals surface area contributed by atoms with E-state index in [1.165, 1.54) is 6.92 Å². The maximum absolute atomic E-state index is 11.3. The van der Waals surface area contributed by atoms with E-state index in [1.807, 2.05) is 0 Å². The minimum absolute atomic E-state index is 0.0269. The van der Waals surface area contributed by atoms with Crippen molar-refractivity contribution in [2.24, 2.45) is 0 Å². The zero-order valence-corrected chi connectivity index (χ0v) is 11.2. The minimum atomic E-state index is -1.26. The highest BCUT2D eigenvalue weighted by Gasteiger charge is 2.38. The molecule has 0 aliphatic carbocycles. The lowest BCUT2D eigenvalue weighted by molar-refractivity contribution is -0.441. The Kier molecular flexibility index (Phi) is 4.84. The molecule has 1 aromatic rings. The molecule has 0 saturated carbocycles. The lowest BCUT2D eigenvalue weighted by Gasteiger charge is -2.05. The van der Waals surface area contributed by atoms with E-state index in [0.717, 1.165) is 12.1 Å². The number of nitro benzene ring substituents is 3. The molecule has 0 saturated heterocycles. The molecule has 0 amide bonds. The SMILES string of the molecule is C=C(C)C(=O)OCc1ccc([N+](=O)[O-])c([N+](=O)[O-])c1[N+](=O)[O-]. The largest absolute Gasteiger partial charge is 0.457 e. The van der Waals surface area contributed by atoms with Gasteiger partial charge in [0.1, 0.15) is 6.61 Å². The fourth-order valence-electron chi connectivity index (χ4n) is 1.52. The van der Waals surface area contributed by atoms with Gasteiger partial charge < -0.3 is 4.74 Å². The van der Waals surface area contributed by atoms with Gasteiger partial charge in [-0.05, 0) is 13.0 Å². The monoisotopic (exact) mass is 311 g/mol. The Morgan fingerprint density at radius 3 is 2.05 bits per heavy atom. The Hall–Kier alpha value is -3.37. The van der Waals surface area contributed by atoms with E-state index in [4.69, 9.17) is 0 Å². The summed E-state index contributed by atoms with van der Waals surface area (Å²) < 4.78 is 4.68. The Morgan fingerprint density at radius 1 is 1.09 bits per heavy atom. The molecule has 116 valence electrons. The summed E-state index contributed by atoms with van der Waals surface area (Å²) in [5, 5.41) is 32.7. The van der Waals surface area contributed by atoms with Gasteiger partial charge in [-0.15, -0.1) is 0 Å². The van der Waals surface area contributed by atoms with Crippen molar-refractivity contribution in [3.63, 3.8) is 0 Å². The summed E-state index contributed by atoms with van der Waals surface area (Å²) in [7, 11) is 0. The molecule has 0 unspecified atom stereocenters. The van der Waals surface area contributed by atoms with Crippen molar-refractivity contribution in [3.8, 4) is 0 Å². The van der Waals surface area contributed by atoms with Crippen LogP contribution in [-0.2, 0) is 16.1 Å². The number of benzene rings is 1. The van der Waals surface area contributed by atoms with Crippen LogP contribution in [0.15, 0.2) is 24.3 Å². The fraction of sp³-hybridized carbons (Fsp3) is 0.182. The number of esters is 1. The van der Waals surface area contributed by atoms with Crippen LogP contribution in [0.25, 0.3) is 0 Å². The first-order chi connectivity index (χ1) is 10.2. The number of nitrogens with zero attached hydrogens (tertiary/aromatic N) is 3. The van der Waals surface area contributed by atoms with E-state index >= 15 is 0 Å². The highest BCUT2D eigenvalue weighted by Crippen LogP contribution is 2.39. The van der Waals surface area contributed by atoms with E-state index < -0.39 is 44.4 Å². The third-order valence-electron chi connectivity index (χ3n) is 2.48. The third kappa shape index (κ3) is 3.39. The summed E-state index contributed by atoms with van der Waals surface area (Å²) in [6.45, 7) is 3.99. The summed E-state index contributed by atoms with van der Waals surface area (Å²) in [4.78, 5) is 40.5. The van der Waals surface area contributed by atoms with Crippen LogP contribution in [0, 0.1) is 30.3 Å². The van der Waals surface area contributed by atoms with Crippen molar-refractivity contribution in [1.82, 2.24) is 0 Å². The molecular formula is C11H9N3O8. The van der Waals surface area contributed by atoms with Crippen LogP contribution in [0.4, 0.5) is 17.1 Å². The predicted molar refractivity (Wildman–Crippen MR) is 71.0 cm³/mol. The first-order valence-electron chi connectivity index (χ1n) is 5.58. The van der Waals surface area contributed by atoms with Crippen LogP contribution in [0.1, 0.15) is 12.5 Å². The normalized spacial score (nSPS) is 9.86. The van der Waals surface area contributed by atoms with Crippen LogP contribution < -0.4 is 0 Å². The Morgan fingerprint density at radius 2 is 1.64 bits per heavy atom. The average molecular weight is 311 g/mol. The molecule has 22 heavy (non-hydrogen) atoms. The number of carbonyl (C=O) groups is 1. The molecule has 0 N–H and O–H groups in total. The molecule has 11 nitrogen and oxygen atoms in total. The molecule has 0 fully saturated rings. The lowest BCUT2D eigenvalue weighted by Crippen LogP contribution is -2.09. The molecular weight excluding hydrogens is 302 g/mol. The number of nitro groups is 3. The molecule has 0 spiro atoms. The highest BCUT2D eigenvalue weighted by atomic mass is 16.6. The van der Waals surface area contributed by atoms with Crippen molar-refractivity contribution in [1.29, 1.82) is 0 Å². The number of ether oxygens (including phenoxy) is 1. The zero-order chi connectivity index (χ0) is 17.0. The van der Waals surface area contributed by atoms with Crippen molar-refractivity contribution >= 4 is 23.0 Å². The van der Waals surface area contributed by atoms with Crippen LogP contribution in [0.2, 0.25) is 0 Å². The number of hydrogen-bond acceptors (Lipinski definition) is 8. The molecule has 1 aromatic carbocycles. The van der Waals surface area contributed by atoms with Crippen LogP contribution in [0.5, 0.6) is 0 Å². The topological polar surface area (TPSA) is 156 Å². The maximum Gasteiger partial charge on any atom is 0.422 e. The third-order valence-corrected chi connectivity index (χ3v) is 2.48. The fourth-order valence-corrected chi connectivity index (χ4v) is 1.52. The summed E-state index contributed by atoms with van der Waals surface area (Å²) in [6.07, 6.45) is 0. The lowest BCUT2D eigenvalue weighted by atomic mass is 10.1. The smallest absolute Gasteiger partial charge is 0.422 e. The van der Waals surface area contributed by atoms with Gasteiger partial charge in [-0.3, -0.25) is 30.3 Å². The molecule has 0 atom stereocenters. The zero-order valence-electron chi connectivity index (χ0n) is 11.2. The van der Waals surface area contributed by atoms with Crippen molar-refractivity contribution in [2.75, 3.05) is 0 Å². The Balaban J connectivity index is 3.41. The molecule has 1 rings (SSSR count). The van der Waals surface area contributed by atoms with E-state index in [-0.39, 0.29) is 11.1 Å². The van der Waals surface area contributed by atoms with Gasteiger partial charge >= 0.3 is 23.0 Å². The van der Waals surface area contributed by atoms with E-state index in [1.54, 1.807) is 0 Å². The standard InChI is InChI=1S/C11H9N3O8/c1-6(2)11(15)22-5-7-3-4-8(12(16)17)10(14(20)21)9(7)13(18)19/h3-4H,1,5H2,2H3. The van der Waals surface area contributed by atoms with Gasteiger partial charge in [-0.2, -0.15) is 0 Å². The van der Waals surface area contributed by atoms with Gasteiger partial charge in [-0.1, -0.05) is 6.58 Å². The second kappa shape index (κ2) is 6.39. The molecule has 0 aliphatic heterocycles. The molecule has 0 radical (unpaired) electrons. The van der Waals surface area contributed by atoms with Gasteiger partial charge in [0.15, 0.2) is 0 Å². The summed E-state index contributed by atoms with van der Waals surface area (Å²) in [5.41, 5.74) is -3.68. The van der Waals surface area contributed by atoms with Crippen LogP contribution in [-0.4, -0.2) is 20.7 Å². The molecule has 0 bridgehead atoms. The minimum Gasteiger partial charge on any atom is -0.457 e. The van der Waals surface area contributed by atoms with Crippen molar-refractivity contribution < 1.29 is 24.3 Å². The van der Waals surface area contributed by atoms with Gasteiger partial charge in [0.25, 0.3) is 0 Å². The van der Waals surface area contributed by atoms with Gasteiger partial charge in [0.05, 0.1) is 20.3 Å². The number of hydrogen-bond donors (Lipinski definition) is 0. The highest BCUT2D eigenvalue weighted by molar-refractivity contribution is 5.87. The Labute approximate surface area is 122 Å². The van der Waals surface area contributed by atoms with E-state index in [2.05, 4.69) is 11.3 Å². The first kappa shape index (κ1) is 16.7. The van der Waals surface area contributed by atoms with E-state index in [0.29, 0.717) is 0 Å². The summed E-state index contributed by atoms with van der Waals surface area (Å²) >= 11 is 0. The number of rotatable bonds is 6. The summed E-state index contributed by atoms with van der Waals surface area (Å²) in [5.74, 6) is -0.852. The van der Waals surface area contributed by atoms with Crippen LogP contribution in [0.3, 0.4) is 0 Å². The number of carbonyl (C=O) groups excluding carboxylic acids is 1. The Bertz CT molecular complexity index is 697. The second-order valence-electron chi connectivity index (χ2n) is 4.07. The predicted octanol–water partition coefficient (Wildman–Crippen LogP) is 2.03.